The predicted octanol–water partition coefficient (Wildman–Crippen LogP) is 18.6. The van der Waals surface area contributed by atoms with Crippen LogP contribution >= 0.6 is 45.3 Å². The largest absolute Gasteiger partial charge is 0.493 e. The highest BCUT2D eigenvalue weighted by atomic mass is 32.1. The molecule has 2 saturated heterocycles. The maximum absolute atomic E-state index is 13.6. The zero-order valence-electron chi connectivity index (χ0n) is 76.8. The molecule has 12 aromatic rings. The molecule has 0 amide bonds. The van der Waals surface area contributed by atoms with Gasteiger partial charge in [0.15, 0.2) is 0 Å². The van der Waals surface area contributed by atoms with Gasteiger partial charge in [0, 0.05) is 163 Å². The van der Waals surface area contributed by atoms with E-state index >= 15 is 0 Å². The molecule has 0 aliphatic carbocycles. The summed E-state index contributed by atoms with van der Waals surface area (Å²) >= 11 is 5.98. The third kappa shape index (κ3) is 33.3. The fourth-order valence-corrected chi connectivity index (χ4v) is 17.3. The minimum absolute atomic E-state index is 0.0224. The maximum Gasteiger partial charge on any atom is 0.416 e. The number of piperazine rings is 1. The normalized spacial score (nSPS) is 13.9. The number of β-amino-alcohol motifs (C(OH)–C–C–N with tert-alkyl or cyclic N) is 1. The Bertz CT molecular complexity index is 5770. The average Bonchev–Trinajstić information content (AvgIpc) is 1.48. The van der Waals surface area contributed by atoms with Crippen LogP contribution in [0.4, 0.5) is 99.2 Å². The number of aryl methyl sites for hydroxylation is 8. The summed E-state index contributed by atoms with van der Waals surface area (Å²) in [5.41, 5.74) is 3.40. The van der Waals surface area contributed by atoms with E-state index in [1.54, 1.807) is 36.7 Å². The Morgan fingerprint density at radius 2 is 0.693 bits per heavy atom. The van der Waals surface area contributed by atoms with Crippen LogP contribution in [-0.2, 0) is 24.7 Å². The molecule has 4 aromatic carbocycles. The zero-order valence-corrected chi connectivity index (χ0v) is 80.0. The molecule has 9 N–H and O–H groups in total. The van der Waals surface area contributed by atoms with Crippen LogP contribution in [0.5, 0.6) is 23.0 Å². The molecular weight excluding hydrogens is 1880 g/mol. The number of likely N-dealkylation sites (N-methyl/N-ethyl adjacent to an activating group) is 1. The van der Waals surface area contributed by atoms with Gasteiger partial charge in [-0.3, -0.25) is 9.80 Å². The van der Waals surface area contributed by atoms with Crippen LogP contribution in [-0.4, -0.2) is 244 Å². The number of hydrogen-bond acceptors (Lipinski definition) is 33. The fraction of sp³-hybridized carbons (Fsp3) is 0.435. The van der Waals surface area contributed by atoms with Crippen LogP contribution in [0, 0.1) is 55.4 Å². The van der Waals surface area contributed by atoms with E-state index in [1.165, 1.54) is 82.0 Å². The first-order chi connectivity index (χ1) is 65.3. The molecule has 1 atom stereocenters. The predicted molar refractivity (Wildman–Crippen MR) is 506 cm³/mol. The van der Waals surface area contributed by atoms with Gasteiger partial charge in [-0.15, -0.1) is 45.3 Å². The molecule has 0 spiro atoms. The summed E-state index contributed by atoms with van der Waals surface area (Å²) in [6.45, 7) is 25.8. The molecule has 0 radical (unpaired) electrons. The van der Waals surface area contributed by atoms with Crippen LogP contribution in [0.25, 0.3) is 42.8 Å². The molecule has 45 heteroatoms. The Labute approximate surface area is 800 Å². The van der Waals surface area contributed by atoms with Crippen molar-refractivity contribution in [1.29, 1.82) is 0 Å². The molecule has 29 nitrogen and oxygen atoms in total. The zero-order chi connectivity index (χ0) is 98.6. The molecule has 10 heterocycles. The van der Waals surface area contributed by atoms with Crippen LogP contribution in [0.15, 0.2) is 122 Å². The summed E-state index contributed by atoms with van der Waals surface area (Å²) in [6.07, 6.45) is -7.44. The standard InChI is InChI=1S/C25H31F3N6O2S.C24H28F3N5O2S.C22H26F3N5O2S.C21H24F3N5O2S/c1-17-18(2)37-23(30-17)22-4-5-29-24(32-22)31-20-14-19(25(26,27)28)15-21(16-20)36-13-3-6-33-7-9-34(10-8-33)11-12-35;1-15-16(2)35-22(29-15)21-6-7-28-23(31-21)30-18-11-17(24(25,26)27)12-20(13-18)34-10-4-9-32-8-3-5-19(32)14-33;1-14-15(2)33-20(27-14)19-5-6-26-21(29-19)28-17-11-16(22(23,24)25)12-18(13-17)32-10-4-7-30(3)8-9-31;1-13-14(2)32-19(27-13)18-4-6-26-20(29-18)28-16-10-15(21(22,23)24)11-17(12-16)31-9-3-5-25-7-8-30/h4-5,14-16,35H,3,6-13H2,1-2H3,(H,29,31,32);6-7,11-13,19,33H,3-5,8-10,14H2,1-2H3,(H,28,30,31);5-6,11-13,31H,4,7-10H2,1-3H3,(H,26,28,29);4,6,10-12,25,30H,3,5,7-9H2,1-2H3,(H,26,28,29)/t;19-;;/m.0../s1. The van der Waals surface area contributed by atoms with E-state index in [0.29, 0.717) is 92.8 Å². The number of ether oxygens (including phenoxy) is 4. The lowest BCUT2D eigenvalue weighted by molar-refractivity contribution is -0.138. The summed E-state index contributed by atoms with van der Waals surface area (Å²) < 4.78 is 184. The van der Waals surface area contributed by atoms with E-state index in [0.717, 1.165) is 164 Å². The second-order valence-corrected chi connectivity index (χ2v) is 36.7. The third-order valence-electron chi connectivity index (χ3n) is 21.4. The highest BCUT2D eigenvalue weighted by molar-refractivity contribution is 7.16. The first-order valence-corrected chi connectivity index (χ1v) is 47.2. The Morgan fingerprint density at radius 3 is 0.993 bits per heavy atom. The van der Waals surface area contributed by atoms with E-state index in [-0.39, 0.29) is 122 Å². The van der Waals surface area contributed by atoms with E-state index in [9.17, 15) is 57.8 Å². The molecule has 137 heavy (non-hydrogen) atoms. The number of nitrogens with one attached hydrogen (secondary N) is 5. The topological polar surface area (TPSA) is 346 Å². The summed E-state index contributed by atoms with van der Waals surface area (Å²) in [5.74, 6) is 1.10. The number of nitrogens with zero attached hydrogens (tertiary/aromatic N) is 16. The Hall–Kier alpha value is -11.1. The Kier molecular flexibility index (Phi) is 39.2. The molecule has 2 fully saturated rings. The first-order valence-electron chi connectivity index (χ1n) is 43.9. The molecule has 0 bridgehead atoms. The van der Waals surface area contributed by atoms with Gasteiger partial charge in [-0.25, -0.2) is 59.8 Å². The fourth-order valence-electron chi connectivity index (χ4n) is 13.8. The van der Waals surface area contributed by atoms with E-state index < -0.39 is 47.0 Å². The van der Waals surface area contributed by atoms with Gasteiger partial charge in [-0.2, -0.15) is 52.7 Å². The minimum Gasteiger partial charge on any atom is -0.493 e. The number of aliphatic hydroxyl groups is 4. The number of halogens is 12. The van der Waals surface area contributed by atoms with Gasteiger partial charge in [-0.05, 0) is 187 Å². The van der Waals surface area contributed by atoms with E-state index in [1.807, 2.05) is 67.3 Å². The number of alkyl halides is 12. The number of aliphatic hydroxyl groups excluding tert-OH is 4. The second kappa shape index (κ2) is 50.5. The highest BCUT2D eigenvalue weighted by Gasteiger charge is 2.36. The number of anilines is 8. The van der Waals surface area contributed by atoms with Gasteiger partial charge in [0.1, 0.15) is 65.8 Å². The lowest BCUT2D eigenvalue weighted by atomic mass is 10.1. The van der Waals surface area contributed by atoms with Crippen molar-refractivity contribution in [3.8, 4) is 65.8 Å². The minimum atomic E-state index is -4.53. The Balaban J connectivity index is 0.000000176. The summed E-state index contributed by atoms with van der Waals surface area (Å²) in [5, 5.41) is 53.5. The van der Waals surface area contributed by atoms with Gasteiger partial charge >= 0.3 is 24.7 Å². The molecule has 738 valence electrons. The lowest BCUT2D eigenvalue weighted by Gasteiger charge is -2.34. The molecular formula is C92H109F12N21O8S4. The van der Waals surface area contributed by atoms with Crippen LogP contribution in [0.1, 0.15) is 103 Å². The number of aromatic nitrogens is 12. The Morgan fingerprint density at radius 1 is 0.372 bits per heavy atom. The number of benzene rings is 4. The summed E-state index contributed by atoms with van der Waals surface area (Å²) in [7, 11) is 1.85. The lowest BCUT2D eigenvalue weighted by Crippen LogP contribution is -2.47. The molecule has 8 aromatic heterocycles. The SMILES string of the molecule is Cc1nc(-c2ccnc(Nc3cc(OCCCN(C)CCO)cc(C(F)(F)F)c3)n2)sc1C.Cc1nc(-c2ccnc(Nc3cc(OCCCN4CCC[C@H]4CO)cc(C(F)(F)F)c3)n2)sc1C.Cc1nc(-c2ccnc(Nc3cc(OCCCN4CCN(CCO)CC4)cc(C(F)(F)F)c3)n2)sc1C.Cc1nc(-c2ccnc(Nc3cc(OCCCNCCO)cc(C(F)(F)F)c3)n2)sc1C. The van der Waals surface area contributed by atoms with Crippen LogP contribution < -0.4 is 45.5 Å². The summed E-state index contributed by atoms with van der Waals surface area (Å²) in [4.78, 5) is 65.0. The number of thiazole rings is 4. The van der Waals surface area contributed by atoms with Crippen molar-refractivity contribution in [2.24, 2.45) is 0 Å². The number of likely N-dealkylation sites (tertiary alicyclic amines) is 1. The molecule has 2 aliphatic rings. The van der Waals surface area contributed by atoms with Crippen molar-refractivity contribution >= 4 is 91.9 Å². The van der Waals surface area contributed by atoms with Crippen molar-refractivity contribution in [3.05, 3.63) is 186 Å². The van der Waals surface area contributed by atoms with Crippen molar-refractivity contribution in [2.75, 3.05) is 160 Å². The molecule has 2 aliphatic heterocycles. The monoisotopic (exact) mass is 1990 g/mol. The van der Waals surface area contributed by atoms with Gasteiger partial charge in [0.05, 0.1) is 97.9 Å². The van der Waals surface area contributed by atoms with Gasteiger partial charge < -0.3 is 75.8 Å². The van der Waals surface area contributed by atoms with Crippen LogP contribution in [0.3, 0.4) is 0 Å². The van der Waals surface area contributed by atoms with E-state index in [4.69, 9.17) is 34.3 Å². The second-order valence-electron chi connectivity index (χ2n) is 31.9. The molecule has 14 rings (SSSR count). The molecule has 0 unspecified atom stereocenters. The van der Waals surface area contributed by atoms with Crippen molar-refractivity contribution in [2.45, 2.75) is 125 Å². The molecule has 0 saturated carbocycles. The van der Waals surface area contributed by atoms with Gasteiger partial charge in [0.25, 0.3) is 0 Å². The van der Waals surface area contributed by atoms with Crippen molar-refractivity contribution in [1.82, 2.24) is 84.7 Å². The highest BCUT2D eigenvalue weighted by Crippen LogP contribution is 2.42. The number of hydrogen-bond donors (Lipinski definition) is 9. The maximum atomic E-state index is 13.6. The van der Waals surface area contributed by atoms with Crippen molar-refractivity contribution in [3.63, 3.8) is 0 Å². The van der Waals surface area contributed by atoms with Crippen LogP contribution in [0.2, 0.25) is 0 Å². The quantitative estimate of drug-likeness (QED) is 0.0128. The first kappa shape index (κ1) is 106. The van der Waals surface area contributed by atoms with E-state index in [2.05, 4.69) is 101 Å². The van der Waals surface area contributed by atoms with Gasteiger partial charge in [0.2, 0.25) is 23.8 Å². The number of rotatable bonds is 39. The summed E-state index contributed by atoms with van der Waals surface area (Å²) in [6, 6.07) is 21.0. The van der Waals surface area contributed by atoms with Gasteiger partial charge in [-0.1, -0.05) is 0 Å². The average molecular weight is 1990 g/mol. The smallest absolute Gasteiger partial charge is 0.416 e. The van der Waals surface area contributed by atoms with Crippen molar-refractivity contribution < 1.29 is 92.1 Å². The third-order valence-corrected chi connectivity index (χ3v) is 25.8.